The van der Waals surface area contributed by atoms with Crippen molar-refractivity contribution in [1.82, 2.24) is 5.32 Å². The molecule has 1 fully saturated rings. The van der Waals surface area contributed by atoms with Gasteiger partial charge in [0.15, 0.2) is 12.2 Å². The first-order valence-electron chi connectivity index (χ1n) is 13.2. The fraction of sp³-hybridized carbons (Fsp3) is 0.571. The number of esters is 5. The lowest BCUT2D eigenvalue weighted by Crippen LogP contribution is -2.69. The van der Waals surface area contributed by atoms with Crippen LogP contribution in [-0.2, 0) is 68.5 Å². The molecule has 0 aliphatic carbocycles. The standard InChI is InChI=1S/C28H37NO14/c1-15(30)29-24-22(40-17(3)32)12-28(27(35)37-7,39-13-20-8-10-21(36-6)11-9-20)43-26(24)25(42-19(5)34)23(41-18(4)33)14-38-16(2)31/h8-11,22-26H,12-14H2,1-7H3,(H,29,30)/t22-,23+,24+,25+,26+,28+/m0/s1. The van der Waals surface area contributed by atoms with Crippen LogP contribution in [0.25, 0.3) is 0 Å². The Bertz CT molecular complexity index is 1170. The molecule has 0 saturated carbocycles. The number of rotatable bonds is 13. The van der Waals surface area contributed by atoms with Gasteiger partial charge < -0.3 is 43.2 Å². The molecule has 0 spiro atoms. The maximum Gasteiger partial charge on any atom is 0.366 e. The maximum atomic E-state index is 13.3. The summed E-state index contributed by atoms with van der Waals surface area (Å²) in [6.07, 6.45) is -6.52. The largest absolute Gasteiger partial charge is 0.497 e. The number of hydrogen-bond donors (Lipinski definition) is 1. The number of hydrogen-bond acceptors (Lipinski definition) is 14. The Labute approximate surface area is 248 Å². The molecule has 6 atom stereocenters. The highest BCUT2D eigenvalue weighted by atomic mass is 16.7. The van der Waals surface area contributed by atoms with Crippen molar-refractivity contribution >= 4 is 35.8 Å². The van der Waals surface area contributed by atoms with Gasteiger partial charge in [0.2, 0.25) is 5.91 Å². The van der Waals surface area contributed by atoms with Crippen molar-refractivity contribution in [1.29, 1.82) is 0 Å². The summed E-state index contributed by atoms with van der Waals surface area (Å²) in [6, 6.07) is 5.38. The molecule has 1 aromatic carbocycles. The van der Waals surface area contributed by atoms with Gasteiger partial charge >= 0.3 is 29.8 Å². The average molecular weight is 612 g/mol. The van der Waals surface area contributed by atoms with Crippen LogP contribution in [0.4, 0.5) is 0 Å². The summed E-state index contributed by atoms with van der Waals surface area (Å²) < 4.78 is 43.8. The minimum atomic E-state index is -2.30. The van der Waals surface area contributed by atoms with Crippen LogP contribution in [0.15, 0.2) is 24.3 Å². The van der Waals surface area contributed by atoms with Crippen LogP contribution in [0.1, 0.15) is 46.6 Å². The van der Waals surface area contributed by atoms with Gasteiger partial charge in [-0.2, -0.15) is 0 Å². The summed E-state index contributed by atoms with van der Waals surface area (Å²) in [5, 5.41) is 2.59. The van der Waals surface area contributed by atoms with Crippen molar-refractivity contribution in [3.05, 3.63) is 29.8 Å². The summed E-state index contributed by atoms with van der Waals surface area (Å²) in [5.74, 6) is -6.63. The lowest BCUT2D eigenvalue weighted by molar-refractivity contribution is -0.317. The quantitative estimate of drug-likeness (QED) is 0.243. The van der Waals surface area contributed by atoms with Gasteiger partial charge in [0.1, 0.15) is 24.6 Å². The number of carbonyl (C=O) groups is 6. The fourth-order valence-electron chi connectivity index (χ4n) is 4.47. The highest BCUT2D eigenvalue weighted by Gasteiger charge is 2.59. The third-order valence-electron chi connectivity index (χ3n) is 6.13. The molecule has 0 aromatic heterocycles. The van der Waals surface area contributed by atoms with E-state index in [9.17, 15) is 28.8 Å². The Kier molecular flexibility index (Phi) is 12.9. The van der Waals surface area contributed by atoms with Crippen LogP contribution in [-0.4, -0.2) is 92.8 Å². The Morgan fingerprint density at radius 3 is 2.02 bits per heavy atom. The van der Waals surface area contributed by atoms with E-state index in [2.05, 4.69) is 5.32 Å². The molecular weight excluding hydrogens is 574 g/mol. The lowest BCUT2D eigenvalue weighted by Gasteiger charge is -2.48. The van der Waals surface area contributed by atoms with E-state index in [1.54, 1.807) is 24.3 Å². The molecule has 15 nitrogen and oxygen atoms in total. The van der Waals surface area contributed by atoms with Crippen molar-refractivity contribution in [3.63, 3.8) is 0 Å². The highest BCUT2D eigenvalue weighted by Crippen LogP contribution is 2.37. The second kappa shape index (κ2) is 15.8. The first-order chi connectivity index (χ1) is 20.2. The van der Waals surface area contributed by atoms with E-state index in [1.807, 2.05) is 0 Å². The molecule has 1 heterocycles. The minimum absolute atomic E-state index is 0.220. The third kappa shape index (κ3) is 10.2. The molecular formula is C28H37NO14. The van der Waals surface area contributed by atoms with Gasteiger partial charge in [0.25, 0.3) is 5.79 Å². The van der Waals surface area contributed by atoms with Crippen molar-refractivity contribution < 1.29 is 66.7 Å². The van der Waals surface area contributed by atoms with E-state index >= 15 is 0 Å². The summed E-state index contributed by atoms with van der Waals surface area (Å²) in [4.78, 5) is 73.8. The molecule has 0 radical (unpaired) electrons. The molecule has 1 N–H and O–H groups in total. The Morgan fingerprint density at radius 1 is 0.907 bits per heavy atom. The van der Waals surface area contributed by atoms with E-state index in [0.29, 0.717) is 11.3 Å². The smallest absolute Gasteiger partial charge is 0.366 e. The highest BCUT2D eigenvalue weighted by molar-refractivity contribution is 5.79. The van der Waals surface area contributed by atoms with E-state index in [0.717, 1.165) is 34.8 Å². The van der Waals surface area contributed by atoms with Gasteiger partial charge in [-0.3, -0.25) is 24.0 Å². The lowest BCUT2D eigenvalue weighted by atomic mass is 9.88. The Balaban J connectivity index is 2.70. The monoisotopic (exact) mass is 611 g/mol. The first-order valence-corrected chi connectivity index (χ1v) is 13.2. The molecule has 2 rings (SSSR count). The topological polar surface area (TPSA) is 188 Å². The second-order valence-electron chi connectivity index (χ2n) is 9.57. The van der Waals surface area contributed by atoms with Crippen molar-refractivity contribution in [2.24, 2.45) is 0 Å². The zero-order valence-corrected chi connectivity index (χ0v) is 25.0. The van der Waals surface area contributed by atoms with Gasteiger partial charge in [0.05, 0.1) is 33.3 Å². The molecule has 0 bridgehead atoms. The SMILES string of the molecule is COC(=O)[C@@]1(OCc2ccc(OC)cc2)C[C@H](OC(C)=O)[C@@H](NC(C)=O)[C@H]([C@H](OC(C)=O)[C@@H](COC(C)=O)OC(C)=O)O1. The van der Waals surface area contributed by atoms with E-state index < -0.39 is 85.0 Å². The summed E-state index contributed by atoms with van der Waals surface area (Å²) >= 11 is 0. The predicted molar refractivity (Wildman–Crippen MR) is 143 cm³/mol. The second-order valence-corrected chi connectivity index (χ2v) is 9.57. The van der Waals surface area contributed by atoms with Crippen LogP contribution in [0.5, 0.6) is 5.75 Å². The van der Waals surface area contributed by atoms with Gasteiger partial charge in [-0.15, -0.1) is 0 Å². The molecule has 1 aromatic rings. The first kappa shape index (κ1) is 35.0. The van der Waals surface area contributed by atoms with Gasteiger partial charge in [-0.1, -0.05) is 12.1 Å². The predicted octanol–water partition coefficient (Wildman–Crippen LogP) is 0.733. The normalized spacial score (nSPS) is 22.6. The van der Waals surface area contributed by atoms with Gasteiger partial charge in [-0.25, -0.2) is 4.79 Å². The summed E-state index contributed by atoms with van der Waals surface area (Å²) in [5.41, 5.74) is 0.585. The number of amides is 1. The summed E-state index contributed by atoms with van der Waals surface area (Å²) in [7, 11) is 2.57. The van der Waals surface area contributed by atoms with Crippen LogP contribution in [0.2, 0.25) is 0 Å². The van der Waals surface area contributed by atoms with E-state index in [1.165, 1.54) is 14.0 Å². The molecule has 238 valence electrons. The number of nitrogens with one attached hydrogen (secondary N) is 1. The number of methoxy groups -OCH3 is 2. The third-order valence-corrected chi connectivity index (χ3v) is 6.13. The molecule has 0 unspecified atom stereocenters. The fourth-order valence-corrected chi connectivity index (χ4v) is 4.47. The number of ether oxygens (including phenoxy) is 8. The van der Waals surface area contributed by atoms with Crippen LogP contribution >= 0.6 is 0 Å². The Morgan fingerprint density at radius 2 is 1.53 bits per heavy atom. The average Bonchev–Trinajstić information content (AvgIpc) is 2.93. The van der Waals surface area contributed by atoms with E-state index in [4.69, 9.17) is 37.9 Å². The van der Waals surface area contributed by atoms with Crippen LogP contribution in [0, 0.1) is 0 Å². The number of carbonyl (C=O) groups excluding carboxylic acids is 6. The Hall–Kier alpha value is -4.24. The zero-order valence-electron chi connectivity index (χ0n) is 25.0. The van der Waals surface area contributed by atoms with Crippen molar-refractivity contribution in [3.8, 4) is 5.75 Å². The van der Waals surface area contributed by atoms with Crippen LogP contribution < -0.4 is 10.1 Å². The van der Waals surface area contributed by atoms with Crippen molar-refractivity contribution in [2.75, 3.05) is 20.8 Å². The molecule has 1 aliphatic heterocycles. The minimum Gasteiger partial charge on any atom is -0.497 e. The zero-order chi connectivity index (χ0) is 32.3. The van der Waals surface area contributed by atoms with E-state index in [-0.39, 0.29) is 6.61 Å². The molecule has 1 aliphatic rings. The summed E-state index contributed by atoms with van der Waals surface area (Å²) in [6.45, 7) is 4.69. The maximum absolute atomic E-state index is 13.3. The molecule has 1 saturated heterocycles. The van der Waals surface area contributed by atoms with Gasteiger partial charge in [0, 0.05) is 34.6 Å². The van der Waals surface area contributed by atoms with Crippen molar-refractivity contribution in [2.45, 2.75) is 83.9 Å². The van der Waals surface area contributed by atoms with Crippen LogP contribution in [0.3, 0.4) is 0 Å². The molecule has 1 amide bonds. The van der Waals surface area contributed by atoms with Gasteiger partial charge in [-0.05, 0) is 17.7 Å². The molecule has 15 heteroatoms. The number of benzene rings is 1. The molecule has 43 heavy (non-hydrogen) atoms.